The highest BCUT2D eigenvalue weighted by Gasteiger charge is 2.33. The molecule has 0 bridgehead atoms. The highest BCUT2D eigenvalue weighted by molar-refractivity contribution is 7.92. The summed E-state index contributed by atoms with van der Waals surface area (Å²) in [6.45, 7) is 3.21. The number of aryl methyl sites for hydroxylation is 1. The van der Waals surface area contributed by atoms with Crippen LogP contribution in [0.2, 0.25) is 10.0 Å². The second-order valence-electron chi connectivity index (χ2n) is 10.5. The van der Waals surface area contributed by atoms with Gasteiger partial charge in [-0.05, 0) is 62.6 Å². The molecule has 1 aliphatic rings. The molecule has 1 fully saturated rings. The van der Waals surface area contributed by atoms with Crippen LogP contribution in [0.4, 0.5) is 5.69 Å². The Morgan fingerprint density at radius 2 is 1.59 bits per heavy atom. The SMILES string of the molecule is Cc1cccc(CN(C(=O)CN(c2cc(Cl)cc(Cl)c2)S(=O)(=O)c2ccccc2)[C@H](C)C(=O)NC2CCCCC2)c1. The van der Waals surface area contributed by atoms with E-state index in [4.69, 9.17) is 23.2 Å². The standard InChI is InChI=1S/C31H35Cl2N3O4S/c1-22-10-9-11-24(16-22)20-35(23(2)31(38)34-27-12-5-3-6-13-27)30(37)21-36(28-18-25(32)17-26(33)19-28)41(39,40)29-14-7-4-8-15-29/h4,7-11,14-19,23,27H,3,5-6,12-13,20-21H2,1-2H3,(H,34,38)/t23-/m1/s1. The summed E-state index contributed by atoms with van der Waals surface area (Å²) in [4.78, 5) is 28.9. The Balaban J connectivity index is 1.69. The quantitative estimate of drug-likeness (QED) is 0.287. The van der Waals surface area contributed by atoms with Gasteiger partial charge in [0.25, 0.3) is 10.0 Å². The lowest BCUT2D eigenvalue weighted by Crippen LogP contribution is -2.53. The highest BCUT2D eigenvalue weighted by Crippen LogP contribution is 2.30. The van der Waals surface area contributed by atoms with Gasteiger partial charge in [0, 0.05) is 22.6 Å². The van der Waals surface area contributed by atoms with Crippen molar-refractivity contribution in [3.05, 3.63) is 94.0 Å². The van der Waals surface area contributed by atoms with Crippen LogP contribution in [0.3, 0.4) is 0 Å². The summed E-state index contributed by atoms with van der Waals surface area (Å²) < 4.78 is 28.7. The van der Waals surface area contributed by atoms with Crippen LogP contribution in [-0.4, -0.2) is 43.8 Å². The molecule has 3 aromatic carbocycles. The molecule has 2 amide bonds. The molecule has 7 nitrogen and oxygen atoms in total. The monoisotopic (exact) mass is 615 g/mol. The van der Waals surface area contributed by atoms with Crippen LogP contribution < -0.4 is 9.62 Å². The summed E-state index contributed by atoms with van der Waals surface area (Å²) in [5.74, 6) is -0.797. The largest absolute Gasteiger partial charge is 0.352 e. The van der Waals surface area contributed by atoms with Crippen molar-refractivity contribution in [2.24, 2.45) is 0 Å². The lowest BCUT2D eigenvalue weighted by molar-refractivity contribution is -0.139. The minimum atomic E-state index is -4.20. The van der Waals surface area contributed by atoms with Crippen LogP contribution in [0.25, 0.3) is 0 Å². The number of halogens is 2. The molecule has 0 heterocycles. The van der Waals surface area contributed by atoms with Gasteiger partial charge in [-0.25, -0.2) is 8.42 Å². The van der Waals surface area contributed by atoms with E-state index in [0.29, 0.717) is 0 Å². The van der Waals surface area contributed by atoms with Gasteiger partial charge in [0.05, 0.1) is 10.6 Å². The van der Waals surface area contributed by atoms with Crippen molar-refractivity contribution < 1.29 is 18.0 Å². The van der Waals surface area contributed by atoms with Gasteiger partial charge in [-0.2, -0.15) is 0 Å². The van der Waals surface area contributed by atoms with E-state index in [9.17, 15) is 18.0 Å². The van der Waals surface area contributed by atoms with Crippen LogP contribution in [0.5, 0.6) is 0 Å². The zero-order valence-corrected chi connectivity index (χ0v) is 25.6. The highest BCUT2D eigenvalue weighted by atomic mass is 35.5. The summed E-state index contributed by atoms with van der Waals surface area (Å²) >= 11 is 12.5. The number of anilines is 1. The number of hydrogen-bond donors (Lipinski definition) is 1. The molecule has 0 unspecified atom stereocenters. The molecule has 1 saturated carbocycles. The van der Waals surface area contributed by atoms with Crippen molar-refractivity contribution in [1.29, 1.82) is 0 Å². The molecule has 0 aliphatic heterocycles. The van der Waals surface area contributed by atoms with Crippen LogP contribution in [0.1, 0.15) is 50.2 Å². The number of amides is 2. The van der Waals surface area contributed by atoms with E-state index < -0.39 is 28.5 Å². The first-order chi connectivity index (χ1) is 19.5. The number of nitrogens with zero attached hydrogens (tertiary/aromatic N) is 2. The molecule has 1 atom stereocenters. The molecule has 3 aromatic rings. The van der Waals surface area contributed by atoms with Crippen molar-refractivity contribution >= 4 is 50.7 Å². The Labute approximate surface area is 252 Å². The molecular formula is C31H35Cl2N3O4S. The Morgan fingerprint density at radius 1 is 0.927 bits per heavy atom. The first-order valence-electron chi connectivity index (χ1n) is 13.7. The Kier molecular flexibility index (Phi) is 10.3. The van der Waals surface area contributed by atoms with E-state index in [0.717, 1.165) is 47.5 Å². The van der Waals surface area contributed by atoms with E-state index in [1.807, 2.05) is 31.2 Å². The summed E-state index contributed by atoms with van der Waals surface area (Å²) in [6, 6.07) is 19.1. The van der Waals surface area contributed by atoms with Gasteiger partial charge in [0.1, 0.15) is 12.6 Å². The third-order valence-corrected chi connectivity index (χ3v) is 9.52. The predicted molar refractivity (Wildman–Crippen MR) is 164 cm³/mol. The number of sulfonamides is 1. The second kappa shape index (κ2) is 13.7. The maximum Gasteiger partial charge on any atom is 0.264 e. The van der Waals surface area contributed by atoms with Crippen molar-refractivity contribution in [2.45, 2.75) is 69.5 Å². The molecule has 4 rings (SSSR count). The van der Waals surface area contributed by atoms with Crippen molar-refractivity contribution in [3.63, 3.8) is 0 Å². The average molecular weight is 617 g/mol. The predicted octanol–water partition coefficient (Wildman–Crippen LogP) is 6.36. The van der Waals surface area contributed by atoms with E-state index in [-0.39, 0.29) is 39.1 Å². The number of carbonyl (C=O) groups excluding carboxylic acids is 2. The van der Waals surface area contributed by atoms with Crippen LogP contribution in [0, 0.1) is 6.92 Å². The van der Waals surface area contributed by atoms with Crippen molar-refractivity contribution in [2.75, 3.05) is 10.8 Å². The summed E-state index contributed by atoms with van der Waals surface area (Å²) in [5, 5.41) is 3.56. The molecule has 0 spiro atoms. The van der Waals surface area contributed by atoms with Gasteiger partial charge in [-0.15, -0.1) is 0 Å². The fourth-order valence-electron chi connectivity index (χ4n) is 5.09. The first-order valence-corrected chi connectivity index (χ1v) is 15.9. The molecule has 10 heteroatoms. The van der Waals surface area contributed by atoms with Crippen molar-refractivity contribution in [1.82, 2.24) is 10.2 Å². The number of rotatable bonds is 10. The number of nitrogens with one attached hydrogen (secondary N) is 1. The number of carbonyl (C=O) groups is 2. The lowest BCUT2D eigenvalue weighted by Gasteiger charge is -2.33. The minimum absolute atomic E-state index is 0.0113. The van der Waals surface area contributed by atoms with E-state index in [2.05, 4.69) is 5.32 Å². The maximum absolute atomic E-state index is 14.1. The number of hydrogen-bond acceptors (Lipinski definition) is 4. The van der Waals surface area contributed by atoms with Gasteiger partial charge >= 0.3 is 0 Å². The van der Waals surface area contributed by atoms with Gasteiger partial charge in [-0.3, -0.25) is 13.9 Å². The smallest absolute Gasteiger partial charge is 0.264 e. The molecule has 0 radical (unpaired) electrons. The third kappa shape index (κ3) is 8.03. The molecule has 0 aromatic heterocycles. The normalized spacial score (nSPS) is 14.7. The lowest BCUT2D eigenvalue weighted by atomic mass is 9.95. The zero-order valence-electron chi connectivity index (χ0n) is 23.2. The Bertz CT molecular complexity index is 1460. The summed E-state index contributed by atoms with van der Waals surface area (Å²) in [5.41, 5.74) is 1.99. The fraction of sp³-hybridized carbons (Fsp3) is 0.355. The maximum atomic E-state index is 14.1. The minimum Gasteiger partial charge on any atom is -0.352 e. The van der Waals surface area contributed by atoms with Crippen LogP contribution in [0.15, 0.2) is 77.7 Å². The second-order valence-corrected chi connectivity index (χ2v) is 13.2. The summed E-state index contributed by atoms with van der Waals surface area (Å²) in [6.07, 6.45) is 5.07. The Hall–Kier alpha value is -3.07. The first kappa shape index (κ1) is 30.9. The third-order valence-electron chi connectivity index (χ3n) is 7.30. The Morgan fingerprint density at radius 3 is 2.22 bits per heavy atom. The average Bonchev–Trinajstić information content (AvgIpc) is 2.94. The molecule has 218 valence electrons. The summed E-state index contributed by atoms with van der Waals surface area (Å²) in [7, 11) is -4.20. The van der Waals surface area contributed by atoms with Gasteiger partial charge < -0.3 is 10.2 Å². The number of benzene rings is 3. The molecule has 1 N–H and O–H groups in total. The molecule has 1 aliphatic carbocycles. The van der Waals surface area contributed by atoms with Crippen LogP contribution >= 0.6 is 23.2 Å². The van der Waals surface area contributed by atoms with Gasteiger partial charge in [-0.1, -0.05) is 90.5 Å². The zero-order chi connectivity index (χ0) is 29.6. The van der Waals surface area contributed by atoms with Gasteiger partial charge in [0.2, 0.25) is 11.8 Å². The van der Waals surface area contributed by atoms with Crippen LogP contribution in [-0.2, 0) is 26.2 Å². The van der Waals surface area contributed by atoms with E-state index in [1.54, 1.807) is 25.1 Å². The topological polar surface area (TPSA) is 86.8 Å². The van der Waals surface area contributed by atoms with E-state index >= 15 is 0 Å². The molecule has 0 saturated heterocycles. The van der Waals surface area contributed by atoms with Crippen molar-refractivity contribution in [3.8, 4) is 0 Å². The molecule has 41 heavy (non-hydrogen) atoms. The van der Waals surface area contributed by atoms with Gasteiger partial charge in [0.15, 0.2) is 0 Å². The fourth-order valence-corrected chi connectivity index (χ4v) is 7.02. The molecular weight excluding hydrogens is 581 g/mol. The van der Waals surface area contributed by atoms with E-state index in [1.165, 1.54) is 35.2 Å².